The molecule has 1 heterocycles. The van der Waals surface area contributed by atoms with E-state index >= 15 is 0 Å². The Bertz CT molecular complexity index is 615. The van der Waals surface area contributed by atoms with E-state index in [0.29, 0.717) is 6.54 Å². The summed E-state index contributed by atoms with van der Waals surface area (Å²) in [6.45, 7) is 2.46. The van der Waals surface area contributed by atoms with Crippen LogP contribution in [0.25, 0.3) is 10.9 Å². The van der Waals surface area contributed by atoms with Crippen molar-refractivity contribution in [2.24, 2.45) is 16.8 Å². The number of para-hydroxylation sites is 1. The molecule has 0 saturated carbocycles. The zero-order valence-corrected chi connectivity index (χ0v) is 12.1. The number of rotatable bonds is 4. The predicted octanol–water partition coefficient (Wildman–Crippen LogP) is 2.79. The van der Waals surface area contributed by atoms with Gasteiger partial charge in [-0.15, -0.1) is 0 Å². The molecule has 0 aliphatic heterocycles. The van der Waals surface area contributed by atoms with Gasteiger partial charge in [0.15, 0.2) is 0 Å². The van der Waals surface area contributed by atoms with Gasteiger partial charge in [-0.3, -0.25) is 4.98 Å². The van der Waals surface area contributed by atoms with Crippen LogP contribution in [0.2, 0.25) is 0 Å². The van der Waals surface area contributed by atoms with Gasteiger partial charge in [-0.25, -0.2) is 0 Å². The van der Waals surface area contributed by atoms with E-state index in [1.54, 1.807) is 6.20 Å². The van der Waals surface area contributed by atoms with Crippen molar-refractivity contribution in [2.75, 3.05) is 11.9 Å². The molecule has 100 valence electrons. The van der Waals surface area contributed by atoms with E-state index in [0.717, 1.165) is 21.1 Å². The maximum atomic E-state index is 8.62. The Morgan fingerprint density at radius 2 is 2.37 bits per heavy atom. The first-order chi connectivity index (χ1) is 9.11. The van der Waals surface area contributed by atoms with Crippen molar-refractivity contribution in [2.45, 2.75) is 6.92 Å². The standard InChI is InChI=1S/C13H15BrN4O/c1-8(13(15)18-19)6-16-11-4-2-3-9-5-10(14)7-17-12(9)11/h2-5,7-8,16,19H,6H2,1H3,(H2,15,18). The van der Waals surface area contributed by atoms with E-state index in [2.05, 4.69) is 31.4 Å². The molecule has 2 aromatic rings. The van der Waals surface area contributed by atoms with Gasteiger partial charge in [0.25, 0.3) is 0 Å². The number of oxime groups is 1. The molecule has 5 nitrogen and oxygen atoms in total. The first-order valence-corrected chi connectivity index (χ1v) is 6.66. The minimum atomic E-state index is -0.0595. The Morgan fingerprint density at radius 3 is 3.11 bits per heavy atom. The maximum absolute atomic E-state index is 8.62. The van der Waals surface area contributed by atoms with E-state index in [1.807, 2.05) is 31.2 Å². The Labute approximate surface area is 119 Å². The molecule has 0 spiro atoms. The SMILES string of the molecule is CC(CNc1cccc2cc(Br)cnc12)/C(N)=N/O. The van der Waals surface area contributed by atoms with E-state index in [4.69, 9.17) is 10.9 Å². The number of halogens is 1. The van der Waals surface area contributed by atoms with Crippen LogP contribution in [0.3, 0.4) is 0 Å². The fourth-order valence-electron chi connectivity index (χ4n) is 1.74. The minimum absolute atomic E-state index is 0.0595. The molecule has 2 rings (SSSR count). The van der Waals surface area contributed by atoms with Gasteiger partial charge in [-0.2, -0.15) is 0 Å². The fraction of sp³-hybridized carbons (Fsp3) is 0.231. The number of pyridine rings is 1. The van der Waals surface area contributed by atoms with Gasteiger partial charge in [0.05, 0.1) is 11.2 Å². The lowest BCUT2D eigenvalue weighted by molar-refractivity contribution is 0.315. The lowest BCUT2D eigenvalue weighted by Gasteiger charge is -2.13. The molecule has 0 aliphatic carbocycles. The van der Waals surface area contributed by atoms with E-state index in [9.17, 15) is 0 Å². The zero-order valence-electron chi connectivity index (χ0n) is 10.5. The summed E-state index contributed by atoms with van der Waals surface area (Å²) in [4.78, 5) is 4.40. The summed E-state index contributed by atoms with van der Waals surface area (Å²) < 4.78 is 0.946. The van der Waals surface area contributed by atoms with Gasteiger partial charge >= 0.3 is 0 Å². The highest BCUT2D eigenvalue weighted by molar-refractivity contribution is 9.10. The molecule has 0 radical (unpaired) electrons. The van der Waals surface area contributed by atoms with Crippen LogP contribution in [-0.4, -0.2) is 22.6 Å². The van der Waals surface area contributed by atoms with E-state index in [1.165, 1.54) is 0 Å². The summed E-state index contributed by atoms with van der Waals surface area (Å²) in [5, 5.41) is 16.0. The highest BCUT2D eigenvalue weighted by Crippen LogP contribution is 2.24. The number of nitrogens with one attached hydrogen (secondary N) is 1. The van der Waals surface area contributed by atoms with Gasteiger partial charge in [0.1, 0.15) is 5.84 Å². The van der Waals surface area contributed by atoms with Crippen molar-refractivity contribution in [3.63, 3.8) is 0 Å². The van der Waals surface area contributed by atoms with Crippen LogP contribution in [0.15, 0.2) is 40.1 Å². The molecule has 19 heavy (non-hydrogen) atoms. The van der Waals surface area contributed by atoms with Crippen LogP contribution < -0.4 is 11.1 Å². The van der Waals surface area contributed by atoms with E-state index < -0.39 is 0 Å². The molecule has 0 saturated heterocycles. The van der Waals surface area contributed by atoms with Gasteiger partial charge < -0.3 is 16.3 Å². The summed E-state index contributed by atoms with van der Waals surface area (Å²) in [5.41, 5.74) is 7.38. The lowest BCUT2D eigenvalue weighted by Crippen LogP contribution is -2.27. The van der Waals surface area contributed by atoms with Crippen molar-refractivity contribution in [3.8, 4) is 0 Å². The second-order valence-corrected chi connectivity index (χ2v) is 5.25. The van der Waals surface area contributed by atoms with Crippen LogP contribution in [0.1, 0.15) is 6.92 Å². The number of aromatic nitrogens is 1. The lowest BCUT2D eigenvalue weighted by atomic mass is 10.1. The smallest absolute Gasteiger partial charge is 0.143 e. The zero-order chi connectivity index (χ0) is 13.8. The Balaban J connectivity index is 2.21. The number of anilines is 1. The largest absolute Gasteiger partial charge is 0.409 e. The number of nitrogens with two attached hydrogens (primary N) is 1. The third kappa shape index (κ3) is 3.14. The van der Waals surface area contributed by atoms with Crippen LogP contribution in [0.5, 0.6) is 0 Å². The summed E-state index contributed by atoms with van der Waals surface area (Å²) in [5.74, 6) is 0.152. The molecule has 0 fully saturated rings. The summed E-state index contributed by atoms with van der Waals surface area (Å²) in [7, 11) is 0. The van der Waals surface area contributed by atoms with Gasteiger partial charge in [0.2, 0.25) is 0 Å². The third-order valence-electron chi connectivity index (χ3n) is 2.90. The summed E-state index contributed by atoms with van der Waals surface area (Å²) >= 11 is 3.40. The van der Waals surface area contributed by atoms with Crippen LogP contribution in [0.4, 0.5) is 5.69 Å². The number of hydrogen-bond donors (Lipinski definition) is 3. The minimum Gasteiger partial charge on any atom is -0.409 e. The van der Waals surface area contributed by atoms with Gasteiger partial charge in [0, 0.05) is 28.5 Å². The van der Waals surface area contributed by atoms with E-state index in [-0.39, 0.29) is 11.8 Å². The van der Waals surface area contributed by atoms with Crippen molar-refractivity contribution >= 4 is 38.4 Å². The molecular formula is C13H15BrN4O. The predicted molar refractivity (Wildman–Crippen MR) is 80.5 cm³/mol. The molecule has 1 atom stereocenters. The molecule has 6 heteroatoms. The van der Waals surface area contributed by atoms with Crippen molar-refractivity contribution in [3.05, 3.63) is 34.9 Å². The number of fused-ring (bicyclic) bond motifs is 1. The van der Waals surface area contributed by atoms with Crippen molar-refractivity contribution < 1.29 is 5.21 Å². The fourth-order valence-corrected chi connectivity index (χ4v) is 2.09. The Hall–Kier alpha value is -1.82. The number of hydrogen-bond acceptors (Lipinski definition) is 4. The number of amidine groups is 1. The summed E-state index contributed by atoms with van der Waals surface area (Å²) in [6.07, 6.45) is 1.76. The van der Waals surface area contributed by atoms with Crippen molar-refractivity contribution in [1.29, 1.82) is 0 Å². The first-order valence-electron chi connectivity index (χ1n) is 5.87. The first kappa shape index (κ1) is 13.6. The molecule has 1 aromatic carbocycles. The van der Waals surface area contributed by atoms with Gasteiger partial charge in [-0.05, 0) is 28.1 Å². The quantitative estimate of drug-likeness (QED) is 0.350. The summed E-state index contributed by atoms with van der Waals surface area (Å²) in [6, 6.07) is 7.95. The normalized spacial score (nSPS) is 13.5. The molecule has 1 unspecified atom stereocenters. The second-order valence-electron chi connectivity index (χ2n) is 4.34. The molecule has 0 bridgehead atoms. The average molecular weight is 323 g/mol. The molecular weight excluding hydrogens is 308 g/mol. The van der Waals surface area contributed by atoms with Crippen molar-refractivity contribution in [1.82, 2.24) is 4.98 Å². The van der Waals surface area contributed by atoms with Gasteiger partial charge in [-0.1, -0.05) is 24.2 Å². The topological polar surface area (TPSA) is 83.5 Å². The highest BCUT2D eigenvalue weighted by atomic mass is 79.9. The number of benzene rings is 1. The Kier molecular flexibility index (Phi) is 4.21. The second kappa shape index (κ2) is 5.88. The molecule has 4 N–H and O–H groups in total. The van der Waals surface area contributed by atoms with Crippen LogP contribution in [-0.2, 0) is 0 Å². The number of nitrogens with zero attached hydrogens (tertiary/aromatic N) is 2. The van der Waals surface area contributed by atoms with Crippen LogP contribution in [0, 0.1) is 5.92 Å². The molecule has 1 aromatic heterocycles. The Morgan fingerprint density at radius 1 is 1.58 bits per heavy atom. The maximum Gasteiger partial charge on any atom is 0.143 e. The van der Waals surface area contributed by atoms with Crippen LogP contribution >= 0.6 is 15.9 Å². The monoisotopic (exact) mass is 322 g/mol. The third-order valence-corrected chi connectivity index (χ3v) is 3.33. The average Bonchev–Trinajstić information content (AvgIpc) is 2.43. The highest BCUT2D eigenvalue weighted by Gasteiger charge is 2.09. The molecule has 0 amide bonds. The molecule has 0 aliphatic rings.